The number of aromatic nitrogens is 3. The molecular weight excluding hydrogens is 478 g/mol. The maximum absolute atomic E-state index is 14.1. The van der Waals surface area contributed by atoms with Crippen LogP contribution in [-0.4, -0.2) is 38.6 Å². The third-order valence-electron chi connectivity index (χ3n) is 7.08. The van der Waals surface area contributed by atoms with Crippen LogP contribution in [0.15, 0.2) is 78.9 Å². The maximum atomic E-state index is 14.1. The molecule has 1 atom stereocenters. The van der Waals surface area contributed by atoms with Gasteiger partial charge in [-0.2, -0.15) is 0 Å². The molecule has 0 aliphatic heterocycles. The largest absolute Gasteiger partial charge is 0.351 e. The highest BCUT2D eigenvalue weighted by Gasteiger charge is 2.34. The van der Waals surface area contributed by atoms with E-state index in [-0.39, 0.29) is 30.2 Å². The Kier molecular flexibility index (Phi) is 7.58. The van der Waals surface area contributed by atoms with Gasteiger partial charge in [0.15, 0.2) is 5.78 Å². The van der Waals surface area contributed by atoms with Crippen molar-refractivity contribution in [2.45, 2.75) is 57.7 Å². The van der Waals surface area contributed by atoms with E-state index in [9.17, 15) is 14.4 Å². The first-order chi connectivity index (χ1) is 18.5. The van der Waals surface area contributed by atoms with E-state index in [2.05, 4.69) is 15.6 Å². The summed E-state index contributed by atoms with van der Waals surface area (Å²) in [6, 6.07) is 22.7. The molecule has 0 bridgehead atoms. The molecule has 0 unspecified atom stereocenters. The van der Waals surface area contributed by atoms with Crippen LogP contribution in [0.5, 0.6) is 0 Å². The third kappa shape index (κ3) is 5.49. The SMILES string of the molecule is CC(=O)c1cccc(N(C(=O)Cn2nnc3ccccc32)[C@H](C(=O)NC2CCCCC2)c2ccccc2)c1. The summed E-state index contributed by atoms with van der Waals surface area (Å²) in [5, 5.41) is 11.6. The summed E-state index contributed by atoms with van der Waals surface area (Å²) in [4.78, 5) is 41.8. The van der Waals surface area contributed by atoms with Gasteiger partial charge in [-0.25, -0.2) is 4.68 Å². The Morgan fingerprint density at radius 3 is 2.45 bits per heavy atom. The highest BCUT2D eigenvalue weighted by atomic mass is 16.2. The zero-order valence-electron chi connectivity index (χ0n) is 21.4. The highest BCUT2D eigenvalue weighted by Crippen LogP contribution is 2.30. The number of carbonyl (C=O) groups excluding carboxylic acids is 3. The number of rotatable bonds is 8. The lowest BCUT2D eigenvalue weighted by molar-refractivity contribution is -0.127. The van der Waals surface area contributed by atoms with E-state index < -0.39 is 6.04 Å². The number of Topliss-reactive ketones (excluding diaryl/α,β-unsaturated/α-hetero) is 1. The van der Waals surface area contributed by atoms with Gasteiger partial charge in [-0.15, -0.1) is 5.10 Å². The van der Waals surface area contributed by atoms with E-state index in [0.29, 0.717) is 22.3 Å². The van der Waals surface area contributed by atoms with E-state index in [4.69, 9.17) is 0 Å². The fraction of sp³-hybridized carbons (Fsp3) is 0.300. The van der Waals surface area contributed by atoms with E-state index in [1.54, 1.807) is 28.9 Å². The summed E-state index contributed by atoms with van der Waals surface area (Å²) in [5.74, 6) is -0.702. The number of nitrogens with zero attached hydrogens (tertiary/aromatic N) is 4. The molecule has 8 nitrogen and oxygen atoms in total. The molecule has 0 saturated heterocycles. The first-order valence-corrected chi connectivity index (χ1v) is 13.1. The van der Waals surface area contributed by atoms with E-state index in [1.165, 1.54) is 18.2 Å². The number of hydrogen-bond donors (Lipinski definition) is 1. The van der Waals surface area contributed by atoms with Crippen molar-refractivity contribution < 1.29 is 14.4 Å². The van der Waals surface area contributed by atoms with Crippen LogP contribution in [0.25, 0.3) is 11.0 Å². The zero-order chi connectivity index (χ0) is 26.5. The summed E-state index contributed by atoms with van der Waals surface area (Å²) in [6.45, 7) is 1.36. The van der Waals surface area contributed by atoms with Crippen molar-refractivity contribution in [3.8, 4) is 0 Å². The Balaban J connectivity index is 1.57. The van der Waals surface area contributed by atoms with Crippen LogP contribution in [0, 0.1) is 0 Å². The lowest BCUT2D eigenvalue weighted by Gasteiger charge is -2.33. The monoisotopic (exact) mass is 509 g/mol. The van der Waals surface area contributed by atoms with E-state index in [0.717, 1.165) is 31.2 Å². The van der Waals surface area contributed by atoms with Gasteiger partial charge in [0, 0.05) is 17.3 Å². The summed E-state index contributed by atoms with van der Waals surface area (Å²) < 4.78 is 1.54. The first kappa shape index (κ1) is 25.3. The Morgan fingerprint density at radius 1 is 0.947 bits per heavy atom. The second-order valence-corrected chi connectivity index (χ2v) is 9.76. The number of benzene rings is 3. The second kappa shape index (κ2) is 11.4. The van der Waals surface area contributed by atoms with E-state index in [1.807, 2.05) is 54.6 Å². The minimum Gasteiger partial charge on any atom is -0.351 e. The lowest BCUT2D eigenvalue weighted by atomic mass is 9.94. The molecule has 1 aliphatic rings. The number of amides is 2. The van der Waals surface area contributed by atoms with Gasteiger partial charge < -0.3 is 5.32 Å². The topological polar surface area (TPSA) is 97.2 Å². The van der Waals surface area contributed by atoms with Crippen LogP contribution in [0.2, 0.25) is 0 Å². The minimum atomic E-state index is -0.928. The average molecular weight is 510 g/mol. The third-order valence-corrected chi connectivity index (χ3v) is 7.08. The molecule has 1 aromatic heterocycles. The van der Waals surface area contributed by atoms with Crippen LogP contribution in [0.4, 0.5) is 5.69 Å². The highest BCUT2D eigenvalue weighted by molar-refractivity contribution is 6.03. The smallest absolute Gasteiger partial charge is 0.249 e. The molecule has 1 aliphatic carbocycles. The summed E-state index contributed by atoms with van der Waals surface area (Å²) in [5.41, 5.74) is 3.03. The number of ketones is 1. The number of anilines is 1. The van der Waals surface area contributed by atoms with Crippen molar-refractivity contribution in [2.75, 3.05) is 4.90 Å². The molecule has 4 aromatic rings. The number of nitrogens with one attached hydrogen (secondary N) is 1. The van der Waals surface area contributed by atoms with Gasteiger partial charge >= 0.3 is 0 Å². The van der Waals surface area contributed by atoms with Crippen molar-refractivity contribution in [1.82, 2.24) is 20.3 Å². The van der Waals surface area contributed by atoms with Crippen LogP contribution in [-0.2, 0) is 16.1 Å². The number of fused-ring (bicyclic) bond motifs is 1. The molecule has 194 valence electrons. The van der Waals surface area contributed by atoms with E-state index >= 15 is 0 Å². The van der Waals surface area contributed by atoms with Crippen molar-refractivity contribution in [2.24, 2.45) is 0 Å². The van der Waals surface area contributed by atoms with Gasteiger partial charge in [-0.05, 0) is 49.6 Å². The average Bonchev–Trinajstić information content (AvgIpc) is 3.35. The van der Waals surface area contributed by atoms with Gasteiger partial charge in [0.05, 0.1) is 5.52 Å². The predicted octanol–water partition coefficient (Wildman–Crippen LogP) is 4.86. The Bertz CT molecular complexity index is 1440. The molecule has 1 N–H and O–H groups in total. The number of hydrogen-bond acceptors (Lipinski definition) is 5. The van der Waals surface area contributed by atoms with Crippen LogP contribution in [0.1, 0.15) is 61.0 Å². The molecule has 38 heavy (non-hydrogen) atoms. The molecular formula is C30H31N5O3. The molecule has 5 rings (SSSR count). The van der Waals surface area contributed by atoms with Crippen molar-refractivity contribution in [1.29, 1.82) is 0 Å². The summed E-state index contributed by atoms with van der Waals surface area (Å²) in [7, 11) is 0. The minimum absolute atomic E-state index is 0.0715. The van der Waals surface area contributed by atoms with Crippen LogP contribution < -0.4 is 10.2 Å². The molecule has 1 saturated carbocycles. The number of para-hydroxylation sites is 1. The maximum Gasteiger partial charge on any atom is 0.249 e. The quantitative estimate of drug-likeness (QED) is 0.342. The fourth-order valence-corrected chi connectivity index (χ4v) is 5.13. The molecule has 1 heterocycles. The van der Waals surface area contributed by atoms with Crippen molar-refractivity contribution in [3.05, 3.63) is 90.0 Å². The predicted molar refractivity (Wildman–Crippen MR) is 146 cm³/mol. The Hall–Kier alpha value is -4.33. The first-order valence-electron chi connectivity index (χ1n) is 13.1. The Labute approximate surface area is 221 Å². The second-order valence-electron chi connectivity index (χ2n) is 9.76. The molecule has 3 aromatic carbocycles. The standard InChI is InChI=1S/C30H31N5O3/c1-21(36)23-13-10-16-25(19-23)35(28(37)20-34-27-18-9-8-17-26(27)32-33-34)29(22-11-4-2-5-12-22)30(38)31-24-14-6-3-7-15-24/h2,4-5,8-13,16-19,24,29H,3,6-7,14-15,20H2,1H3,(H,31,38)/t29-/m0/s1. The van der Waals surface area contributed by atoms with Crippen molar-refractivity contribution >= 4 is 34.3 Å². The van der Waals surface area contributed by atoms with Crippen LogP contribution in [0.3, 0.4) is 0 Å². The normalized spacial score (nSPS) is 14.7. The zero-order valence-corrected chi connectivity index (χ0v) is 21.4. The Morgan fingerprint density at radius 2 is 1.68 bits per heavy atom. The van der Waals surface area contributed by atoms with Gasteiger partial charge in [-0.3, -0.25) is 19.3 Å². The van der Waals surface area contributed by atoms with Gasteiger partial charge in [0.1, 0.15) is 18.1 Å². The molecule has 2 amide bonds. The lowest BCUT2D eigenvalue weighted by Crippen LogP contribution is -2.48. The molecule has 1 fully saturated rings. The van der Waals surface area contributed by atoms with Gasteiger partial charge in [0.25, 0.3) is 0 Å². The molecule has 0 radical (unpaired) electrons. The number of carbonyl (C=O) groups is 3. The van der Waals surface area contributed by atoms with Crippen molar-refractivity contribution in [3.63, 3.8) is 0 Å². The molecule has 0 spiro atoms. The fourth-order valence-electron chi connectivity index (χ4n) is 5.13. The molecule has 8 heteroatoms. The summed E-state index contributed by atoms with van der Waals surface area (Å²) in [6.07, 6.45) is 5.16. The van der Waals surface area contributed by atoms with Crippen LogP contribution >= 0.6 is 0 Å². The summed E-state index contributed by atoms with van der Waals surface area (Å²) >= 11 is 0. The van der Waals surface area contributed by atoms with Gasteiger partial charge in [0.2, 0.25) is 11.8 Å². The van der Waals surface area contributed by atoms with Gasteiger partial charge in [-0.1, -0.05) is 79.1 Å².